The molecule has 2 aromatic rings. The van der Waals surface area contributed by atoms with Crippen LogP contribution in [0.25, 0.3) is 0 Å². The number of methoxy groups -OCH3 is 1. The number of nitrogens with zero attached hydrogens (tertiary/aromatic N) is 3. The van der Waals surface area contributed by atoms with Crippen molar-refractivity contribution in [1.29, 1.82) is 0 Å². The molecule has 1 aliphatic heterocycles. The lowest BCUT2D eigenvalue weighted by atomic mass is 10.0. The molecule has 0 aromatic carbocycles. The summed E-state index contributed by atoms with van der Waals surface area (Å²) < 4.78 is 10.9. The Morgan fingerprint density at radius 3 is 2.80 bits per heavy atom. The fraction of sp³-hybridized carbons (Fsp3) is 0.611. The minimum Gasteiger partial charge on any atom is -0.379 e. The SMILES string of the molecule is CO[C@H]1CN(C(=O)CCc2n[nH]c(C)c2C)C[C@H]1Cc1cc(C)no1. The van der Waals surface area contributed by atoms with Crippen LogP contribution < -0.4 is 0 Å². The first kappa shape index (κ1) is 17.7. The molecule has 136 valence electrons. The van der Waals surface area contributed by atoms with E-state index in [0.717, 1.165) is 34.8 Å². The van der Waals surface area contributed by atoms with E-state index < -0.39 is 0 Å². The lowest BCUT2D eigenvalue weighted by molar-refractivity contribution is -0.130. The largest absolute Gasteiger partial charge is 0.379 e. The van der Waals surface area contributed by atoms with Crippen LogP contribution in [0, 0.1) is 26.7 Å². The van der Waals surface area contributed by atoms with E-state index >= 15 is 0 Å². The van der Waals surface area contributed by atoms with Crippen molar-refractivity contribution in [2.24, 2.45) is 5.92 Å². The molecule has 0 unspecified atom stereocenters. The number of hydrogen-bond acceptors (Lipinski definition) is 5. The van der Waals surface area contributed by atoms with Gasteiger partial charge >= 0.3 is 0 Å². The topological polar surface area (TPSA) is 84.2 Å². The third-order valence-electron chi connectivity index (χ3n) is 5.11. The number of aromatic nitrogens is 3. The van der Waals surface area contributed by atoms with Gasteiger partial charge in [0.15, 0.2) is 0 Å². The monoisotopic (exact) mass is 346 g/mol. The molecule has 0 aliphatic carbocycles. The molecule has 25 heavy (non-hydrogen) atoms. The number of likely N-dealkylation sites (tertiary alicyclic amines) is 1. The van der Waals surface area contributed by atoms with Crippen LogP contribution in [0.15, 0.2) is 10.6 Å². The molecular weight excluding hydrogens is 320 g/mol. The minimum atomic E-state index is 0.0312. The van der Waals surface area contributed by atoms with E-state index in [0.29, 0.717) is 25.9 Å². The van der Waals surface area contributed by atoms with Crippen LogP contribution in [0.5, 0.6) is 0 Å². The number of carbonyl (C=O) groups is 1. The normalized spacial score (nSPS) is 20.4. The molecular formula is C18H26N4O3. The Kier molecular flexibility index (Phi) is 5.22. The van der Waals surface area contributed by atoms with Gasteiger partial charge in [-0.1, -0.05) is 5.16 Å². The van der Waals surface area contributed by atoms with Crippen LogP contribution in [-0.2, 0) is 22.4 Å². The summed E-state index contributed by atoms with van der Waals surface area (Å²) in [7, 11) is 1.70. The fourth-order valence-electron chi connectivity index (χ4n) is 3.44. The molecule has 2 aromatic heterocycles. The van der Waals surface area contributed by atoms with Crippen LogP contribution in [0.1, 0.15) is 34.8 Å². The fourth-order valence-corrected chi connectivity index (χ4v) is 3.44. The maximum atomic E-state index is 12.6. The second-order valence-electron chi connectivity index (χ2n) is 6.89. The number of hydrogen-bond donors (Lipinski definition) is 1. The number of H-pyrrole nitrogens is 1. The first-order valence-corrected chi connectivity index (χ1v) is 8.71. The minimum absolute atomic E-state index is 0.0312. The molecule has 2 atom stereocenters. The van der Waals surface area contributed by atoms with E-state index in [9.17, 15) is 4.79 Å². The smallest absolute Gasteiger partial charge is 0.223 e. The van der Waals surface area contributed by atoms with Crippen molar-refractivity contribution in [1.82, 2.24) is 20.3 Å². The summed E-state index contributed by atoms with van der Waals surface area (Å²) in [4.78, 5) is 14.5. The number of aryl methyl sites for hydroxylation is 3. The van der Waals surface area contributed by atoms with Crippen molar-refractivity contribution >= 4 is 5.91 Å². The number of rotatable bonds is 6. The van der Waals surface area contributed by atoms with Crippen LogP contribution in [-0.4, -0.2) is 52.5 Å². The van der Waals surface area contributed by atoms with E-state index in [1.54, 1.807) is 7.11 Å². The van der Waals surface area contributed by atoms with Crippen molar-refractivity contribution < 1.29 is 14.1 Å². The Labute approximate surface area is 147 Å². The Balaban J connectivity index is 1.57. The second kappa shape index (κ2) is 7.39. The zero-order chi connectivity index (χ0) is 18.0. The molecule has 1 fully saturated rings. The summed E-state index contributed by atoms with van der Waals surface area (Å²) >= 11 is 0. The molecule has 0 spiro atoms. The molecule has 1 amide bonds. The van der Waals surface area contributed by atoms with Gasteiger partial charge in [0.2, 0.25) is 5.91 Å². The highest BCUT2D eigenvalue weighted by atomic mass is 16.5. The number of aromatic amines is 1. The summed E-state index contributed by atoms with van der Waals surface area (Å²) in [6, 6.07) is 1.94. The van der Waals surface area contributed by atoms with Gasteiger partial charge in [-0.05, 0) is 26.3 Å². The van der Waals surface area contributed by atoms with Gasteiger partial charge in [0, 0.05) is 57.1 Å². The maximum absolute atomic E-state index is 12.6. The van der Waals surface area contributed by atoms with Crippen molar-refractivity contribution in [3.8, 4) is 0 Å². The van der Waals surface area contributed by atoms with E-state index in [1.807, 2.05) is 31.7 Å². The summed E-state index contributed by atoms with van der Waals surface area (Å²) in [5, 5.41) is 11.2. The molecule has 1 N–H and O–H groups in total. The van der Waals surface area contributed by atoms with Crippen LogP contribution in [0.3, 0.4) is 0 Å². The van der Waals surface area contributed by atoms with E-state index in [2.05, 4.69) is 15.4 Å². The molecule has 7 nitrogen and oxygen atoms in total. The first-order valence-electron chi connectivity index (χ1n) is 8.71. The standard InChI is InChI=1S/C18H26N4O3/c1-11-7-15(25-21-11)8-14-9-22(10-17(14)24-4)18(23)6-5-16-12(2)13(3)19-20-16/h7,14,17H,5-6,8-10H2,1-4H3,(H,19,20)/t14-,17+/m1/s1. The summed E-state index contributed by atoms with van der Waals surface area (Å²) in [6.07, 6.45) is 1.90. The summed E-state index contributed by atoms with van der Waals surface area (Å²) in [5.74, 6) is 1.23. The first-order chi connectivity index (χ1) is 12.0. The highest BCUT2D eigenvalue weighted by molar-refractivity contribution is 5.76. The highest BCUT2D eigenvalue weighted by Crippen LogP contribution is 2.25. The lowest BCUT2D eigenvalue weighted by Gasteiger charge is -2.15. The van der Waals surface area contributed by atoms with Crippen molar-refractivity contribution in [3.63, 3.8) is 0 Å². The molecule has 7 heteroatoms. The van der Waals surface area contributed by atoms with Gasteiger partial charge in [0.25, 0.3) is 0 Å². The molecule has 0 bridgehead atoms. The van der Waals surface area contributed by atoms with Gasteiger partial charge in [0.1, 0.15) is 5.76 Å². The summed E-state index contributed by atoms with van der Waals surface area (Å²) in [5.41, 5.74) is 4.05. The van der Waals surface area contributed by atoms with Gasteiger partial charge in [0.05, 0.1) is 17.5 Å². The Morgan fingerprint density at radius 1 is 1.40 bits per heavy atom. The molecule has 0 saturated carbocycles. The van der Waals surface area contributed by atoms with Crippen LogP contribution in [0.4, 0.5) is 0 Å². The number of carbonyl (C=O) groups excluding carboxylic acids is 1. The van der Waals surface area contributed by atoms with Gasteiger partial charge in [-0.15, -0.1) is 0 Å². The number of nitrogens with one attached hydrogen (secondary N) is 1. The predicted molar refractivity (Wildman–Crippen MR) is 92.2 cm³/mol. The maximum Gasteiger partial charge on any atom is 0.223 e. The third kappa shape index (κ3) is 3.92. The lowest BCUT2D eigenvalue weighted by Crippen LogP contribution is -2.30. The number of ether oxygens (including phenoxy) is 1. The highest BCUT2D eigenvalue weighted by Gasteiger charge is 2.35. The quantitative estimate of drug-likeness (QED) is 0.864. The predicted octanol–water partition coefficient (Wildman–Crippen LogP) is 1.97. The number of amides is 1. The van der Waals surface area contributed by atoms with E-state index in [4.69, 9.17) is 9.26 Å². The van der Waals surface area contributed by atoms with Crippen LogP contribution in [0.2, 0.25) is 0 Å². The molecule has 1 saturated heterocycles. The van der Waals surface area contributed by atoms with Crippen molar-refractivity contribution in [2.45, 2.75) is 46.1 Å². The average Bonchev–Trinajstić information content (AvgIpc) is 3.27. The Bertz CT molecular complexity index is 737. The zero-order valence-electron chi connectivity index (χ0n) is 15.3. The van der Waals surface area contributed by atoms with Crippen LogP contribution >= 0.6 is 0 Å². The zero-order valence-corrected chi connectivity index (χ0v) is 15.3. The van der Waals surface area contributed by atoms with Crippen molar-refractivity contribution in [2.75, 3.05) is 20.2 Å². The van der Waals surface area contributed by atoms with Gasteiger partial charge < -0.3 is 14.2 Å². The molecule has 3 heterocycles. The van der Waals surface area contributed by atoms with E-state index in [1.165, 1.54) is 0 Å². The van der Waals surface area contributed by atoms with E-state index in [-0.39, 0.29) is 17.9 Å². The molecule has 0 radical (unpaired) electrons. The Morgan fingerprint density at radius 2 is 2.20 bits per heavy atom. The molecule has 3 rings (SSSR count). The third-order valence-corrected chi connectivity index (χ3v) is 5.11. The van der Waals surface area contributed by atoms with Gasteiger partial charge in [-0.3, -0.25) is 9.89 Å². The average molecular weight is 346 g/mol. The molecule has 1 aliphatic rings. The van der Waals surface area contributed by atoms with Gasteiger partial charge in [-0.25, -0.2) is 0 Å². The summed E-state index contributed by atoms with van der Waals surface area (Å²) in [6.45, 7) is 7.25. The second-order valence-corrected chi connectivity index (χ2v) is 6.89. The Hall–Kier alpha value is -2.15. The van der Waals surface area contributed by atoms with Crippen molar-refractivity contribution in [3.05, 3.63) is 34.5 Å². The van der Waals surface area contributed by atoms with Gasteiger partial charge in [-0.2, -0.15) is 5.10 Å².